The first-order valence-electron chi connectivity index (χ1n) is 13.4. The molecule has 1 saturated heterocycles. The van der Waals surface area contributed by atoms with Gasteiger partial charge >= 0.3 is 0 Å². The number of piperidine rings is 1. The molecule has 4 saturated carbocycles. The molecule has 5 aliphatic rings. The third-order valence-electron chi connectivity index (χ3n) is 11.7. The predicted octanol–water partition coefficient (Wildman–Crippen LogP) is 3.97. The van der Waals surface area contributed by atoms with Gasteiger partial charge in [0.2, 0.25) is 0 Å². The summed E-state index contributed by atoms with van der Waals surface area (Å²) in [6.45, 7) is 10.8. The molecule has 31 heavy (non-hydrogen) atoms. The highest BCUT2D eigenvalue weighted by molar-refractivity contribution is 5.14. The smallest absolute Gasteiger partial charge is 0.0579 e. The van der Waals surface area contributed by atoms with Gasteiger partial charge in [-0.15, -0.1) is 0 Å². The molecule has 0 aromatic heterocycles. The van der Waals surface area contributed by atoms with Gasteiger partial charge in [-0.05, 0) is 117 Å². The summed E-state index contributed by atoms with van der Waals surface area (Å²) in [5, 5.41) is 36.9. The van der Waals surface area contributed by atoms with Crippen molar-refractivity contribution in [3.05, 3.63) is 0 Å². The fraction of sp³-hybridized carbons (Fsp3) is 1.00. The van der Waals surface area contributed by atoms with Crippen LogP contribution in [0.1, 0.15) is 85.5 Å². The predicted molar refractivity (Wildman–Crippen MR) is 123 cm³/mol. The molecule has 13 atom stereocenters. The van der Waals surface area contributed by atoms with Gasteiger partial charge in [-0.3, -0.25) is 0 Å². The van der Waals surface area contributed by atoms with E-state index in [1.807, 2.05) is 0 Å². The maximum absolute atomic E-state index is 11.4. The average Bonchev–Trinajstić information content (AvgIpc) is 2.99. The second-order valence-electron chi connectivity index (χ2n) is 13.2. The molecule has 0 radical (unpaired) electrons. The van der Waals surface area contributed by atoms with Crippen molar-refractivity contribution in [2.45, 2.75) is 110 Å². The monoisotopic (exact) mass is 433 g/mol. The highest BCUT2D eigenvalue weighted by atomic mass is 16.3. The standard InChI is InChI=1S/C27H47NO3/c1-15-5-6-21(28-14-15)16(2)25-23(31)13-20-24-19(8-10-27(20,25)4)26(3)9-7-18(29)11-17(26)12-22(24)30/h15-25,28-31H,5-14H2,1-4H3/t15?,16?,17?,18?,19-,20-,21?,22?,23?,24+,25?,26-,27-/m0/s1. The minimum absolute atomic E-state index is 0.128. The Hall–Kier alpha value is -0.160. The zero-order valence-electron chi connectivity index (χ0n) is 20.3. The second-order valence-corrected chi connectivity index (χ2v) is 13.2. The van der Waals surface area contributed by atoms with Gasteiger partial charge in [-0.2, -0.15) is 0 Å². The van der Waals surface area contributed by atoms with Crippen LogP contribution in [0.15, 0.2) is 0 Å². The molecule has 4 aliphatic carbocycles. The van der Waals surface area contributed by atoms with Gasteiger partial charge in [0.05, 0.1) is 18.3 Å². The molecule has 178 valence electrons. The number of rotatable bonds is 2. The Kier molecular flexibility index (Phi) is 5.81. The first-order chi connectivity index (χ1) is 14.6. The van der Waals surface area contributed by atoms with E-state index in [0.717, 1.165) is 44.6 Å². The first kappa shape index (κ1) is 22.6. The van der Waals surface area contributed by atoms with Gasteiger partial charge in [0.1, 0.15) is 0 Å². The number of aliphatic hydroxyl groups excluding tert-OH is 3. The number of hydrogen-bond donors (Lipinski definition) is 4. The lowest BCUT2D eigenvalue weighted by atomic mass is 9.43. The van der Waals surface area contributed by atoms with Crippen LogP contribution in [-0.4, -0.2) is 46.2 Å². The van der Waals surface area contributed by atoms with Crippen molar-refractivity contribution in [3.8, 4) is 0 Å². The van der Waals surface area contributed by atoms with Gasteiger partial charge in [0.15, 0.2) is 0 Å². The van der Waals surface area contributed by atoms with E-state index in [1.165, 1.54) is 25.7 Å². The van der Waals surface area contributed by atoms with Crippen LogP contribution in [0.25, 0.3) is 0 Å². The highest BCUT2D eigenvalue weighted by Crippen LogP contribution is 2.68. The summed E-state index contributed by atoms with van der Waals surface area (Å²) in [6.07, 6.45) is 8.80. The lowest BCUT2D eigenvalue weighted by Crippen LogP contribution is -2.59. The van der Waals surface area contributed by atoms with E-state index >= 15 is 0 Å². The SMILES string of the molecule is CC1CCC(C(C)C2C(O)C[C@H]3[C@@H]4C(O)CC5CC(O)CC[C@]5(C)[C@H]4CC[C@]23C)NC1. The van der Waals surface area contributed by atoms with Gasteiger partial charge < -0.3 is 20.6 Å². The Morgan fingerprint density at radius 3 is 2.29 bits per heavy atom. The Morgan fingerprint density at radius 1 is 0.839 bits per heavy atom. The molecule has 4 heteroatoms. The lowest BCUT2D eigenvalue weighted by molar-refractivity contribution is -0.175. The fourth-order valence-electron chi connectivity index (χ4n) is 9.93. The minimum atomic E-state index is -0.270. The van der Waals surface area contributed by atoms with Crippen LogP contribution in [0.5, 0.6) is 0 Å². The summed E-state index contributed by atoms with van der Waals surface area (Å²) < 4.78 is 0. The van der Waals surface area contributed by atoms with Crippen molar-refractivity contribution in [2.24, 2.45) is 52.3 Å². The molecule has 5 fully saturated rings. The minimum Gasteiger partial charge on any atom is -0.393 e. The quantitative estimate of drug-likeness (QED) is 0.532. The molecule has 1 aliphatic heterocycles. The van der Waals surface area contributed by atoms with E-state index in [1.54, 1.807) is 0 Å². The van der Waals surface area contributed by atoms with Crippen LogP contribution < -0.4 is 5.32 Å². The zero-order chi connectivity index (χ0) is 22.1. The van der Waals surface area contributed by atoms with Crippen molar-refractivity contribution in [3.63, 3.8) is 0 Å². The van der Waals surface area contributed by atoms with Gasteiger partial charge in [0, 0.05) is 6.04 Å². The third-order valence-corrected chi connectivity index (χ3v) is 11.7. The lowest BCUT2D eigenvalue weighted by Gasteiger charge is -2.62. The molecule has 0 aromatic carbocycles. The summed E-state index contributed by atoms with van der Waals surface area (Å²) in [4.78, 5) is 0. The molecule has 4 nitrogen and oxygen atoms in total. The summed E-state index contributed by atoms with van der Waals surface area (Å²) >= 11 is 0. The normalized spacial score (nSPS) is 58.2. The number of hydrogen-bond acceptors (Lipinski definition) is 4. The summed E-state index contributed by atoms with van der Waals surface area (Å²) in [5.74, 6) is 3.30. The number of nitrogens with one attached hydrogen (secondary N) is 1. The molecule has 0 spiro atoms. The van der Waals surface area contributed by atoms with Crippen LogP contribution in [0, 0.1) is 52.3 Å². The fourth-order valence-corrected chi connectivity index (χ4v) is 9.93. The Morgan fingerprint density at radius 2 is 1.58 bits per heavy atom. The van der Waals surface area contributed by atoms with E-state index in [-0.39, 0.29) is 29.1 Å². The number of fused-ring (bicyclic) bond motifs is 5. The Balaban J connectivity index is 1.40. The van der Waals surface area contributed by atoms with E-state index in [9.17, 15) is 15.3 Å². The van der Waals surface area contributed by atoms with E-state index in [4.69, 9.17) is 0 Å². The molecule has 8 unspecified atom stereocenters. The van der Waals surface area contributed by atoms with Crippen LogP contribution in [-0.2, 0) is 0 Å². The molecular formula is C27H47NO3. The second kappa shape index (κ2) is 7.96. The van der Waals surface area contributed by atoms with Gasteiger partial charge in [-0.1, -0.05) is 27.7 Å². The van der Waals surface area contributed by atoms with Crippen LogP contribution >= 0.6 is 0 Å². The summed E-state index contributed by atoms with van der Waals surface area (Å²) in [6, 6.07) is 0.516. The molecule has 0 aromatic rings. The molecule has 0 bridgehead atoms. The van der Waals surface area contributed by atoms with E-state index < -0.39 is 0 Å². The first-order valence-corrected chi connectivity index (χ1v) is 13.4. The molecule has 5 rings (SSSR count). The highest BCUT2D eigenvalue weighted by Gasteiger charge is 2.65. The van der Waals surface area contributed by atoms with E-state index in [2.05, 4.69) is 33.0 Å². The van der Waals surface area contributed by atoms with E-state index in [0.29, 0.717) is 41.5 Å². The molecule has 1 heterocycles. The molecule has 4 N–H and O–H groups in total. The average molecular weight is 434 g/mol. The third kappa shape index (κ3) is 3.45. The largest absolute Gasteiger partial charge is 0.393 e. The topological polar surface area (TPSA) is 72.7 Å². The summed E-state index contributed by atoms with van der Waals surface area (Å²) in [5.41, 5.74) is 0.378. The van der Waals surface area contributed by atoms with Crippen molar-refractivity contribution >= 4 is 0 Å². The van der Waals surface area contributed by atoms with Crippen molar-refractivity contribution in [2.75, 3.05) is 6.54 Å². The van der Waals surface area contributed by atoms with Crippen LogP contribution in [0.3, 0.4) is 0 Å². The summed E-state index contributed by atoms with van der Waals surface area (Å²) in [7, 11) is 0. The number of aliphatic hydroxyl groups is 3. The van der Waals surface area contributed by atoms with Gasteiger partial charge in [-0.25, -0.2) is 0 Å². The van der Waals surface area contributed by atoms with Crippen LogP contribution in [0.4, 0.5) is 0 Å². The zero-order valence-corrected chi connectivity index (χ0v) is 20.3. The molecule has 0 amide bonds. The Bertz CT molecular complexity index is 663. The van der Waals surface area contributed by atoms with Gasteiger partial charge in [0.25, 0.3) is 0 Å². The maximum atomic E-state index is 11.4. The van der Waals surface area contributed by atoms with Crippen molar-refractivity contribution in [1.82, 2.24) is 5.32 Å². The molecular weight excluding hydrogens is 386 g/mol. The maximum Gasteiger partial charge on any atom is 0.0579 e. The van der Waals surface area contributed by atoms with Crippen LogP contribution in [0.2, 0.25) is 0 Å². The van der Waals surface area contributed by atoms with Crippen molar-refractivity contribution < 1.29 is 15.3 Å². The Labute approximate surface area is 189 Å². The van der Waals surface area contributed by atoms with Crippen molar-refractivity contribution in [1.29, 1.82) is 0 Å².